The zero-order valence-corrected chi connectivity index (χ0v) is 14.5. The zero-order chi connectivity index (χ0) is 15.7. The number of nitrogens with zero attached hydrogens (tertiary/aromatic N) is 1. The maximum atomic E-state index is 6.83. The van der Waals surface area contributed by atoms with E-state index in [4.69, 9.17) is 11.6 Å². The van der Waals surface area contributed by atoms with Crippen molar-refractivity contribution in [1.82, 2.24) is 0 Å². The van der Waals surface area contributed by atoms with Gasteiger partial charge in [-0.2, -0.15) is 0 Å². The van der Waals surface area contributed by atoms with Crippen LogP contribution in [-0.4, -0.2) is 13.1 Å². The molecule has 0 saturated heterocycles. The fraction of sp³-hybridized carbons (Fsp3) is 0.400. The highest BCUT2D eigenvalue weighted by atomic mass is 35.5. The molecule has 1 heterocycles. The van der Waals surface area contributed by atoms with Crippen LogP contribution in [0.2, 0.25) is 0 Å². The number of alkyl halides is 1. The van der Waals surface area contributed by atoms with Gasteiger partial charge in [0.05, 0.1) is 5.38 Å². The van der Waals surface area contributed by atoms with Crippen molar-refractivity contribution in [1.29, 1.82) is 0 Å². The molecule has 1 aliphatic rings. The van der Waals surface area contributed by atoms with Gasteiger partial charge in [-0.3, -0.25) is 0 Å². The molecule has 1 aliphatic heterocycles. The quantitative estimate of drug-likeness (QED) is 0.691. The lowest BCUT2D eigenvalue weighted by Gasteiger charge is -2.33. The number of fused-ring (bicyclic) bond motifs is 1. The Labute approximate surface area is 138 Å². The van der Waals surface area contributed by atoms with Crippen LogP contribution in [0.5, 0.6) is 0 Å². The molecular weight excluding hydrogens is 290 g/mol. The minimum Gasteiger partial charge on any atom is -0.369 e. The molecule has 2 heteroatoms. The third-order valence-electron chi connectivity index (χ3n) is 4.64. The highest BCUT2D eigenvalue weighted by molar-refractivity contribution is 6.21. The molecule has 0 radical (unpaired) electrons. The molecule has 116 valence electrons. The number of para-hydroxylation sites is 1. The summed E-state index contributed by atoms with van der Waals surface area (Å²) in [6, 6.07) is 13.2. The monoisotopic (exact) mass is 313 g/mol. The van der Waals surface area contributed by atoms with Crippen LogP contribution < -0.4 is 4.90 Å². The van der Waals surface area contributed by atoms with Gasteiger partial charge in [0.25, 0.3) is 0 Å². The number of anilines is 1. The van der Waals surface area contributed by atoms with Crippen LogP contribution in [0.3, 0.4) is 0 Å². The number of hydrogen-bond donors (Lipinski definition) is 0. The minimum atomic E-state index is 0.0340. The Morgan fingerprint density at radius 2 is 1.77 bits per heavy atom. The lowest BCUT2D eigenvalue weighted by atomic mass is 9.96. The van der Waals surface area contributed by atoms with Crippen molar-refractivity contribution < 1.29 is 0 Å². The zero-order valence-electron chi connectivity index (χ0n) is 13.7. The molecule has 1 nitrogen and oxygen atoms in total. The van der Waals surface area contributed by atoms with Crippen LogP contribution in [-0.2, 0) is 6.42 Å². The van der Waals surface area contributed by atoms with E-state index in [0.29, 0.717) is 0 Å². The van der Waals surface area contributed by atoms with E-state index < -0.39 is 0 Å². The Balaban J connectivity index is 1.86. The number of aryl methyl sites for hydroxylation is 4. The van der Waals surface area contributed by atoms with Gasteiger partial charge in [-0.05, 0) is 61.9 Å². The van der Waals surface area contributed by atoms with Gasteiger partial charge in [0, 0.05) is 18.8 Å². The van der Waals surface area contributed by atoms with Crippen molar-refractivity contribution >= 4 is 17.3 Å². The Bertz CT molecular complexity index is 654. The van der Waals surface area contributed by atoms with E-state index in [1.807, 2.05) is 0 Å². The molecule has 0 bridgehead atoms. The summed E-state index contributed by atoms with van der Waals surface area (Å²) < 4.78 is 0. The Kier molecular flexibility index (Phi) is 4.44. The molecule has 2 aromatic carbocycles. The summed E-state index contributed by atoms with van der Waals surface area (Å²) in [7, 11) is 0. The first-order valence-electron chi connectivity index (χ1n) is 8.11. The summed E-state index contributed by atoms with van der Waals surface area (Å²) in [5, 5.41) is 0.0340. The standard InChI is InChI=1S/C20H24ClN/c1-14-11-15(2)20(16(3)12-14)18(21)13-22-10-6-8-17-7-4-5-9-19(17)22/h4-5,7,9,11-12,18H,6,8,10,13H2,1-3H3. The average Bonchev–Trinajstić information content (AvgIpc) is 2.46. The van der Waals surface area contributed by atoms with Crippen LogP contribution >= 0.6 is 11.6 Å². The van der Waals surface area contributed by atoms with E-state index in [0.717, 1.165) is 13.1 Å². The maximum Gasteiger partial charge on any atom is 0.0765 e. The van der Waals surface area contributed by atoms with Gasteiger partial charge in [0.1, 0.15) is 0 Å². The highest BCUT2D eigenvalue weighted by Crippen LogP contribution is 2.33. The molecule has 0 aliphatic carbocycles. The van der Waals surface area contributed by atoms with Crippen LogP contribution in [0.25, 0.3) is 0 Å². The molecular formula is C20H24ClN. The van der Waals surface area contributed by atoms with Crippen molar-refractivity contribution in [2.45, 2.75) is 39.0 Å². The van der Waals surface area contributed by atoms with Crippen molar-refractivity contribution in [3.8, 4) is 0 Å². The van der Waals surface area contributed by atoms with Crippen LogP contribution in [0.4, 0.5) is 5.69 Å². The fourth-order valence-electron chi connectivity index (χ4n) is 3.77. The van der Waals surface area contributed by atoms with Crippen molar-refractivity contribution in [3.05, 3.63) is 64.2 Å². The molecule has 1 unspecified atom stereocenters. The van der Waals surface area contributed by atoms with Gasteiger partial charge >= 0.3 is 0 Å². The molecule has 3 rings (SSSR count). The number of halogens is 1. The molecule has 22 heavy (non-hydrogen) atoms. The summed E-state index contributed by atoms with van der Waals surface area (Å²) >= 11 is 6.83. The molecule has 0 spiro atoms. The summed E-state index contributed by atoms with van der Waals surface area (Å²) in [5.74, 6) is 0. The van der Waals surface area contributed by atoms with Gasteiger partial charge in [0.2, 0.25) is 0 Å². The summed E-state index contributed by atoms with van der Waals surface area (Å²) in [4.78, 5) is 2.45. The summed E-state index contributed by atoms with van der Waals surface area (Å²) in [6.45, 7) is 8.48. The van der Waals surface area contributed by atoms with E-state index in [2.05, 4.69) is 62.1 Å². The largest absolute Gasteiger partial charge is 0.369 e. The SMILES string of the molecule is Cc1cc(C)c(C(Cl)CN2CCCc3ccccc32)c(C)c1. The average molecular weight is 314 g/mol. The van der Waals surface area contributed by atoms with E-state index in [1.54, 1.807) is 0 Å². The predicted molar refractivity (Wildman–Crippen MR) is 96.2 cm³/mol. The molecule has 0 aromatic heterocycles. The molecule has 0 fully saturated rings. The number of rotatable bonds is 3. The van der Waals surface area contributed by atoms with E-state index in [1.165, 1.54) is 46.3 Å². The molecule has 0 N–H and O–H groups in total. The van der Waals surface area contributed by atoms with E-state index in [9.17, 15) is 0 Å². The third-order valence-corrected chi connectivity index (χ3v) is 4.99. The van der Waals surface area contributed by atoms with Gasteiger partial charge in [-0.15, -0.1) is 11.6 Å². The molecule has 0 amide bonds. The molecule has 2 aromatic rings. The van der Waals surface area contributed by atoms with Gasteiger partial charge in [-0.25, -0.2) is 0 Å². The smallest absolute Gasteiger partial charge is 0.0765 e. The number of benzene rings is 2. The lowest BCUT2D eigenvalue weighted by Crippen LogP contribution is -2.32. The second-order valence-electron chi connectivity index (χ2n) is 6.46. The summed E-state index contributed by atoms with van der Waals surface area (Å²) in [6.07, 6.45) is 2.40. The minimum absolute atomic E-state index is 0.0340. The van der Waals surface area contributed by atoms with Crippen molar-refractivity contribution in [3.63, 3.8) is 0 Å². The second-order valence-corrected chi connectivity index (χ2v) is 6.99. The van der Waals surface area contributed by atoms with Gasteiger partial charge in [0.15, 0.2) is 0 Å². The fourth-order valence-corrected chi connectivity index (χ4v) is 4.28. The van der Waals surface area contributed by atoms with Gasteiger partial charge in [-0.1, -0.05) is 35.9 Å². The maximum absolute atomic E-state index is 6.83. The third kappa shape index (κ3) is 3.01. The number of hydrogen-bond acceptors (Lipinski definition) is 1. The van der Waals surface area contributed by atoms with Crippen LogP contribution in [0.1, 0.15) is 39.6 Å². The first kappa shape index (κ1) is 15.4. The van der Waals surface area contributed by atoms with E-state index in [-0.39, 0.29) is 5.38 Å². The topological polar surface area (TPSA) is 3.24 Å². The van der Waals surface area contributed by atoms with E-state index >= 15 is 0 Å². The van der Waals surface area contributed by atoms with Crippen LogP contribution in [0.15, 0.2) is 36.4 Å². The lowest BCUT2D eigenvalue weighted by molar-refractivity contribution is 0.679. The Morgan fingerprint density at radius 1 is 1.09 bits per heavy atom. The first-order valence-corrected chi connectivity index (χ1v) is 8.54. The highest BCUT2D eigenvalue weighted by Gasteiger charge is 2.21. The summed E-state index contributed by atoms with van der Waals surface area (Å²) in [5.41, 5.74) is 8.05. The Morgan fingerprint density at radius 3 is 2.50 bits per heavy atom. The van der Waals surface area contributed by atoms with Crippen molar-refractivity contribution in [2.75, 3.05) is 18.0 Å². The normalized spacial score (nSPS) is 15.5. The molecule has 0 saturated carbocycles. The van der Waals surface area contributed by atoms with Crippen LogP contribution in [0, 0.1) is 20.8 Å². The Hall–Kier alpha value is -1.47. The van der Waals surface area contributed by atoms with Gasteiger partial charge < -0.3 is 4.90 Å². The molecule has 1 atom stereocenters. The first-order chi connectivity index (χ1) is 10.6. The second kappa shape index (κ2) is 6.34. The van der Waals surface area contributed by atoms with Crippen molar-refractivity contribution in [2.24, 2.45) is 0 Å². The predicted octanol–water partition coefficient (Wildman–Crippen LogP) is 5.34.